The molecule has 1 aliphatic rings. The van der Waals surface area contributed by atoms with Gasteiger partial charge in [-0.2, -0.15) is 0 Å². The van der Waals surface area contributed by atoms with E-state index in [-0.39, 0.29) is 29.0 Å². The van der Waals surface area contributed by atoms with Gasteiger partial charge in [-0.25, -0.2) is 4.98 Å². The molecular formula is C21H18N4O4. The van der Waals surface area contributed by atoms with Crippen molar-refractivity contribution >= 4 is 28.4 Å². The smallest absolute Gasteiger partial charge is 0.265 e. The van der Waals surface area contributed by atoms with E-state index >= 15 is 0 Å². The summed E-state index contributed by atoms with van der Waals surface area (Å²) in [6.45, 7) is 4.12. The number of nitrogens with zero attached hydrogens (tertiary/aromatic N) is 3. The minimum absolute atomic E-state index is 0.0417. The van der Waals surface area contributed by atoms with Crippen LogP contribution in [0.15, 0.2) is 66.2 Å². The summed E-state index contributed by atoms with van der Waals surface area (Å²) >= 11 is 0. The number of carbonyl (C=O) groups excluding carboxylic acids is 2. The first-order chi connectivity index (χ1) is 14.0. The topological polar surface area (TPSA) is 105 Å². The minimum Gasteiger partial charge on any atom is -0.508 e. The lowest BCUT2D eigenvalue weighted by atomic mass is 9.99. The van der Waals surface area contributed by atoms with Gasteiger partial charge in [0, 0.05) is 24.8 Å². The van der Waals surface area contributed by atoms with E-state index in [4.69, 9.17) is 0 Å². The van der Waals surface area contributed by atoms with Crippen molar-refractivity contribution in [2.45, 2.75) is 0 Å². The van der Waals surface area contributed by atoms with Gasteiger partial charge in [-0.1, -0.05) is 12.6 Å². The Morgan fingerprint density at radius 2 is 2.00 bits per heavy atom. The molecule has 2 amide bonds. The van der Waals surface area contributed by atoms with Crippen LogP contribution in [0.25, 0.3) is 16.6 Å². The van der Waals surface area contributed by atoms with Gasteiger partial charge in [0.05, 0.1) is 22.5 Å². The highest BCUT2D eigenvalue weighted by Crippen LogP contribution is 2.21. The number of phenolic OH excluding ortho intramolecular Hbond substituents is 1. The third kappa shape index (κ3) is 3.47. The highest BCUT2D eigenvalue weighted by atomic mass is 16.3. The molecule has 4 rings (SSSR count). The Morgan fingerprint density at radius 3 is 2.72 bits per heavy atom. The summed E-state index contributed by atoms with van der Waals surface area (Å²) in [4.78, 5) is 42.6. The Balaban J connectivity index is 1.58. The van der Waals surface area contributed by atoms with Crippen molar-refractivity contribution in [3.63, 3.8) is 0 Å². The molecule has 8 nitrogen and oxygen atoms in total. The molecule has 2 heterocycles. The van der Waals surface area contributed by atoms with Crippen molar-refractivity contribution in [1.29, 1.82) is 0 Å². The third-order valence-electron chi connectivity index (χ3n) is 4.87. The summed E-state index contributed by atoms with van der Waals surface area (Å²) in [7, 11) is 0. The van der Waals surface area contributed by atoms with E-state index in [9.17, 15) is 19.5 Å². The lowest BCUT2D eigenvalue weighted by Crippen LogP contribution is -2.53. The van der Waals surface area contributed by atoms with Gasteiger partial charge in [-0.3, -0.25) is 19.0 Å². The maximum atomic E-state index is 12.9. The van der Waals surface area contributed by atoms with Crippen LogP contribution in [0, 0.1) is 5.92 Å². The molecule has 146 valence electrons. The molecule has 2 N–H and O–H groups in total. The molecule has 8 heteroatoms. The predicted octanol–water partition coefficient (Wildman–Crippen LogP) is 1.67. The van der Waals surface area contributed by atoms with E-state index < -0.39 is 0 Å². The number of amides is 2. The highest BCUT2D eigenvalue weighted by Gasteiger charge is 2.34. The van der Waals surface area contributed by atoms with Gasteiger partial charge >= 0.3 is 0 Å². The first kappa shape index (κ1) is 18.4. The number of nitrogens with one attached hydrogen (secondary N) is 1. The molecule has 0 atom stereocenters. The van der Waals surface area contributed by atoms with Gasteiger partial charge < -0.3 is 15.3 Å². The maximum absolute atomic E-state index is 12.9. The Labute approximate surface area is 165 Å². The molecule has 0 radical (unpaired) electrons. The number of benzene rings is 2. The molecule has 0 bridgehead atoms. The van der Waals surface area contributed by atoms with Crippen LogP contribution >= 0.6 is 0 Å². The van der Waals surface area contributed by atoms with Gasteiger partial charge in [0.25, 0.3) is 5.56 Å². The zero-order valence-electron chi connectivity index (χ0n) is 15.4. The Kier molecular flexibility index (Phi) is 4.59. The summed E-state index contributed by atoms with van der Waals surface area (Å²) in [5.41, 5.74) is 1.14. The van der Waals surface area contributed by atoms with Crippen molar-refractivity contribution < 1.29 is 14.7 Å². The first-order valence-electron chi connectivity index (χ1n) is 8.99. The third-order valence-corrected chi connectivity index (χ3v) is 4.87. The number of aromatic hydroxyl groups is 1. The second kappa shape index (κ2) is 7.23. The summed E-state index contributed by atoms with van der Waals surface area (Å²) in [6, 6.07) is 11.2. The molecule has 0 saturated carbocycles. The van der Waals surface area contributed by atoms with Crippen LogP contribution < -0.4 is 10.9 Å². The molecule has 0 unspecified atom stereocenters. The van der Waals surface area contributed by atoms with Crippen LogP contribution in [0.4, 0.5) is 5.69 Å². The average Bonchev–Trinajstić information content (AvgIpc) is 2.67. The average molecular weight is 390 g/mol. The molecule has 0 aliphatic carbocycles. The molecule has 29 heavy (non-hydrogen) atoms. The van der Waals surface area contributed by atoms with E-state index in [1.165, 1.54) is 34.0 Å². The number of hydrogen-bond donors (Lipinski definition) is 2. The van der Waals surface area contributed by atoms with E-state index in [1.807, 2.05) is 0 Å². The van der Waals surface area contributed by atoms with E-state index in [0.717, 1.165) is 0 Å². The number of phenols is 1. The maximum Gasteiger partial charge on any atom is 0.265 e. The normalized spacial score (nSPS) is 13.7. The first-order valence-corrected chi connectivity index (χ1v) is 8.99. The SMILES string of the molecule is C=CC(=O)N1CC(C(=O)Nc2ccc3ncn(-c4cccc(O)c4)c(=O)c3c2)C1. The molecule has 1 aliphatic heterocycles. The molecule has 1 saturated heterocycles. The molecular weight excluding hydrogens is 372 g/mol. The monoisotopic (exact) mass is 390 g/mol. The van der Waals surface area contributed by atoms with Crippen molar-refractivity contribution in [3.8, 4) is 11.4 Å². The second-order valence-corrected chi connectivity index (χ2v) is 6.81. The Morgan fingerprint density at radius 1 is 1.21 bits per heavy atom. The Bertz CT molecular complexity index is 1190. The number of rotatable bonds is 4. The van der Waals surface area contributed by atoms with Gasteiger partial charge in [0.1, 0.15) is 12.1 Å². The number of aromatic nitrogens is 2. The van der Waals surface area contributed by atoms with Crippen LogP contribution in [0.2, 0.25) is 0 Å². The number of hydrogen-bond acceptors (Lipinski definition) is 5. The van der Waals surface area contributed by atoms with Crippen LogP contribution in [-0.4, -0.2) is 44.5 Å². The lowest BCUT2D eigenvalue weighted by molar-refractivity contribution is -0.137. The molecule has 1 fully saturated rings. The summed E-state index contributed by atoms with van der Waals surface area (Å²) < 4.78 is 1.33. The zero-order valence-corrected chi connectivity index (χ0v) is 15.4. The van der Waals surface area contributed by atoms with E-state index in [0.29, 0.717) is 35.4 Å². The number of fused-ring (bicyclic) bond motifs is 1. The number of anilines is 1. The van der Waals surface area contributed by atoms with E-state index in [2.05, 4.69) is 16.9 Å². The van der Waals surface area contributed by atoms with Gasteiger partial charge in [0.15, 0.2) is 0 Å². The van der Waals surface area contributed by atoms with Gasteiger partial charge in [-0.15, -0.1) is 0 Å². The standard InChI is InChI=1S/C21H18N4O4/c1-2-19(27)24-10-13(11-24)20(28)23-14-6-7-18-17(8-14)21(29)25(12-22-18)15-4-3-5-16(26)9-15/h2-9,12-13,26H,1,10-11H2,(H,23,28). The lowest BCUT2D eigenvalue weighted by Gasteiger charge is -2.37. The predicted molar refractivity (Wildman–Crippen MR) is 108 cm³/mol. The van der Waals surface area contributed by atoms with Crippen LogP contribution in [0.5, 0.6) is 5.75 Å². The molecule has 2 aromatic carbocycles. The Hall–Kier alpha value is -3.94. The largest absolute Gasteiger partial charge is 0.508 e. The quantitative estimate of drug-likeness (QED) is 0.660. The zero-order chi connectivity index (χ0) is 20.5. The van der Waals surface area contributed by atoms with Crippen molar-refractivity contribution in [1.82, 2.24) is 14.5 Å². The van der Waals surface area contributed by atoms with Crippen molar-refractivity contribution in [3.05, 3.63) is 71.8 Å². The van der Waals surface area contributed by atoms with Crippen LogP contribution in [-0.2, 0) is 9.59 Å². The van der Waals surface area contributed by atoms with E-state index in [1.54, 1.807) is 30.3 Å². The number of likely N-dealkylation sites (tertiary alicyclic amines) is 1. The molecule has 0 spiro atoms. The molecule has 3 aromatic rings. The number of carbonyl (C=O) groups is 2. The van der Waals surface area contributed by atoms with Crippen LogP contribution in [0.3, 0.4) is 0 Å². The minimum atomic E-state index is -0.317. The second-order valence-electron chi connectivity index (χ2n) is 6.81. The fraction of sp³-hybridized carbons (Fsp3) is 0.143. The van der Waals surface area contributed by atoms with Gasteiger partial charge in [0.2, 0.25) is 11.8 Å². The molecule has 1 aromatic heterocycles. The van der Waals surface area contributed by atoms with Crippen molar-refractivity contribution in [2.24, 2.45) is 5.92 Å². The van der Waals surface area contributed by atoms with Gasteiger partial charge in [-0.05, 0) is 36.4 Å². The summed E-state index contributed by atoms with van der Waals surface area (Å²) in [6.07, 6.45) is 2.62. The van der Waals surface area contributed by atoms with Crippen LogP contribution in [0.1, 0.15) is 0 Å². The summed E-state index contributed by atoms with van der Waals surface area (Å²) in [5, 5.41) is 12.8. The highest BCUT2D eigenvalue weighted by molar-refractivity contribution is 5.97. The summed E-state index contributed by atoms with van der Waals surface area (Å²) in [5.74, 6) is -0.666. The van der Waals surface area contributed by atoms with Crippen molar-refractivity contribution in [2.75, 3.05) is 18.4 Å². The fourth-order valence-corrected chi connectivity index (χ4v) is 3.22. The fourth-order valence-electron chi connectivity index (χ4n) is 3.22.